The summed E-state index contributed by atoms with van der Waals surface area (Å²) in [4.78, 5) is 12.1. The Morgan fingerprint density at radius 3 is 1.19 bits per heavy atom. The fourth-order valence-corrected chi connectivity index (χ4v) is 4.91. The van der Waals surface area contributed by atoms with Gasteiger partial charge < -0.3 is 5.11 Å². The van der Waals surface area contributed by atoms with E-state index in [4.69, 9.17) is 0 Å². The monoisotopic (exact) mass is 448 g/mol. The lowest BCUT2D eigenvalue weighted by molar-refractivity contribution is -0.127. The molecule has 32 heavy (non-hydrogen) atoms. The van der Waals surface area contributed by atoms with Crippen molar-refractivity contribution in [2.75, 3.05) is 0 Å². The molecule has 0 heterocycles. The third-order valence-electron chi connectivity index (χ3n) is 7.18. The van der Waals surface area contributed by atoms with E-state index in [-0.39, 0.29) is 5.78 Å². The lowest BCUT2D eigenvalue weighted by atomic mass is 10.00. The largest absolute Gasteiger partial charge is 0.385 e. The fourth-order valence-electron chi connectivity index (χ4n) is 4.91. The molecule has 188 valence electrons. The summed E-state index contributed by atoms with van der Waals surface area (Å²) in [7, 11) is 0. The van der Waals surface area contributed by atoms with Crippen molar-refractivity contribution in [2.45, 2.75) is 173 Å². The molecule has 2 nitrogen and oxygen atoms in total. The highest BCUT2D eigenvalue weighted by Gasteiger charge is 2.13. The highest BCUT2D eigenvalue weighted by molar-refractivity contribution is 5.82. The van der Waals surface area contributed by atoms with Gasteiger partial charge in [0.05, 0.1) is 0 Å². The van der Waals surface area contributed by atoms with Crippen LogP contribution in [0.4, 0.5) is 0 Å². The van der Waals surface area contributed by atoms with Crippen LogP contribution in [0.15, 0.2) is 12.2 Å². The Bertz CT molecular complexity index is 429. The first-order valence-electron chi connectivity index (χ1n) is 14.7. The molecule has 0 bridgehead atoms. The third kappa shape index (κ3) is 20.0. The predicted octanol–water partition coefficient (Wildman–Crippen LogP) is 9.63. The van der Waals surface area contributed by atoms with Gasteiger partial charge in [-0.2, -0.15) is 0 Å². The quantitative estimate of drug-likeness (QED) is 0.374. The van der Waals surface area contributed by atoms with E-state index in [9.17, 15) is 9.90 Å². The number of rotatable bonds is 0. The first kappa shape index (κ1) is 29.4. The predicted molar refractivity (Wildman–Crippen MR) is 140 cm³/mol. The summed E-state index contributed by atoms with van der Waals surface area (Å²) in [6.45, 7) is 0. The molecule has 0 saturated carbocycles. The van der Waals surface area contributed by atoms with Gasteiger partial charge in [0.15, 0.2) is 5.78 Å². The first-order valence-corrected chi connectivity index (χ1v) is 14.7. The SMILES string of the molecule is O=C1CCCCCCCCCCCCCC/C=C/CCCCCCCCCCCCC1O. The summed E-state index contributed by atoms with van der Waals surface area (Å²) >= 11 is 0. The average Bonchev–Trinajstić information content (AvgIpc) is 2.80. The molecule has 0 amide bonds. The Morgan fingerprint density at radius 1 is 0.469 bits per heavy atom. The molecule has 0 saturated heterocycles. The zero-order chi connectivity index (χ0) is 23.0. The Hall–Kier alpha value is -0.630. The molecule has 1 rings (SSSR count). The van der Waals surface area contributed by atoms with Crippen LogP contribution in [0.1, 0.15) is 167 Å². The van der Waals surface area contributed by atoms with Gasteiger partial charge in [-0.15, -0.1) is 0 Å². The van der Waals surface area contributed by atoms with Crippen molar-refractivity contribution in [1.82, 2.24) is 0 Å². The number of aliphatic hydroxyl groups excluding tert-OH is 1. The summed E-state index contributed by atoms with van der Waals surface area (Å²) in [6, 6.07) is 0. The summed E-state index contributed by atoms with van der Waals surface area (Å²) in [5, 5.41) is 10.1. The summed E-state index contributed by atoms with van der Waals surface area (Å²) < 4.78 is 0. The highest BCUT2D eigenvalue weighted by atomic mass is 16.3. The van der Waals surface area contributed by atoms with E-state index in [1.54, 1.807) is 0 Å². The minimum absolute atomic E-state index is 0.0835. The molecule has 1 N–H and O–H groups in total. The van der Waals surface area contributed by atoms with Crippen molar-refractivity contribution < 1.29 is 9.90 Å². The van der Waals surface area contributed by atoms with E-state index in [2.05, 4.69) is 12.2 Å². The second kappa shape index (κ2) is 23.5. The van der Waals surface area contributed by atoms with Gasteiger partial charge in [-0.1, -0.05) is 134 Å². The fraction of sp³-hybridized carbons (Fsp3) is 0.900. The molecular weight excluding hydrogens is 392 g/mol. The molecule has 1 atom stereocenters. The van der Waals surface area contributed by atoms with Crippen molar-refractivity contribution in [1.29, 1.82) is 0 Å². The second-order valence-corrected chi connectivity index (χ2v) is 10.3. The zero-order valence-corrected chi connectivity index (χ0v) is 21.5. The van der Waals surface area contributed by atoms with E-state index < -0.39 is 6.10 Å². The average molecular weight is 449 g/mol. The Kier molecular flexibility index (Phi) is 21.6. The molecular formula is C30H56O2. The van der Waals surface area contributed by atoms with E-state index in [0.717, 1.165) is 25.7 Å². The van der Waals surface area contributed by atoms with Gasteiger partial charge in [-0.25, -0.2) is 0 Å². The van der Waals surface area contributed by atoms with Gasteiger partial charge >= 0.3 is 0 Å². The zero-order valence-electron chi connectivity index (χ0n) is 21.5. The Labute approximate surface area is 201 Å². The minimum atomic E-state index is -0.704. The molecule has 0 aromatic carbocycles. The normalized spacial score (nSPS) is 26.2. The van der Waals surface area contributed by atoms with Gasteiger partial charge in [0.2, 0.25) is 0 Å². The molecule has 0 radical (unpaired) electrons. The first-order chi connectivity index (χ1) is 15.8. The molecule has 0 spiro atoms. The maximum Gasteiger partial charge on any atom is 0.161 e. The van der Waals surface area contributed by atoms with Crippen LogP contribution in [-0.2, 0) is 4.79 Å². The Morgan fingerprint density at radius 2 is 0.781 bits per heavy atom. The maximum absolute atomic E-state index is 12.1. The van der Waals surface area contributed by atoms with Gasteiger partial charge in [0, 0.05) is 6.42 Å². The molecule has 0 aromatic rings. The number of carbonyl (C=O) groups excluding carboxylic acids is 1. The van der Waals surface area contributed by atoms with Crippen molar-refractivity contribution in [3.05, 3.63) is 12.2 Å². The topological polar surface area (TPSA) is 37.3 Å². The van der Waals surface area contributed by atoms with Gasteiger partial charge in [0.1, 0.15) is 6.10 Å². The number of hydrogen-bond acceptors (Lipinski definition) is 2. The number of allylic oxidation sites excluding steroid dienone is 2. The molecule has 1 unspecified atom stereocenters. The van der Waals surface area contributed by atoms with Crippen molar-refractivity contribution in [2.24, 2.45) is 0 Å². The van der Waals surface area contributed by atoms with E-state index in [1.165, 1.54) is 128 Å². The highest BCUT2D eigenvalue weighted by Crippen LogP contribution is 2.16. The summed E-state index contributed by atoms with van der Waals surface area (Å²) in [5.74, 6) is 0.0835. The molecule has 1 aliphatic carbocycles. The lowest BCUT2D eigenvalue weighted by Crippen LogP contribution is -2.19. The summed E-state index contributed by atoms with van der Waals surface area (Å²) in [5.41, 5.74) is 0. The van der Waals surface area contributed by atoms with Gasteiger partial charge in [-0.05, 0) is 38.5 Å². The summed E-state index contributed by atoms with van der Waals surface area (Å²) in [6.07, 6.45) is 36.7. The molecule has 1 aliphatic rings. The van der Waals surface area contributed by atoms with E-state index in [1.807, 2.05) is 0 Å². The van der Waals surface area contributed by atoms with Crippen LogP contribution >= 0.6 is 0 Å². The van der Waals surface area contributed by atoms with Crippen LogP contribution in [0.2, 0.25) is 0 Å². The van der Waals surface area contributed by atoms with E-state index in [0.29, 0.717) is 12.8 Å². The number of hydrogen-bond donors (Lipinski definition) is 1. The molecule has 0 aliphatic heterocycles. The van der Waals surface area contributed by atoms with Crippen molar-refractivity contribution >= 4 is 5.78 Å². The number of Topliss-reactive ketones (excluding diaryl/α,β-unsaturated/α-hetero) is 1. The van der Waals surface area contributed by atoms with Crippen molar-refractivity contribution in [3.63, 3.8) is 0 Å². The second-order valence-electron chi connectivity index (χ2n) is 10.3. The van der Waals surface area contributed by atoms with Gasteiger partial charge in [-0.3, -0.25) is 4.79 Å². The Balaban J connectivity index is 2.16. The number of aliphatic hydroxyl groups is 1. The number of ketones is 1. The molecule has 0 aromatic heterocycles. The smallest absolute Gasteiger partial charge is 0.161 e. The van der Waals surface area contributed by atoms with Crippen molar-refractivity contribution in [3.8, 4) is 0 Å². The molecule has 2 heteroatoms. The van der Waals surface area contributed by atoms with Crippen LogP contribution < -0.4 is 0 Å². The molecule has 0 fully saturated rings. The third-order valence-corrected chi connectivity index (χ3v) is 7.18. The van der Waals surface area contributed by atoms with Gasteiger partial charge in [0.25, 0.3) is 0 Å². The van der Waals surface area contributed by atoms with Crippen LogP contribution in [0.25, 0.3) is 0 Å². The van der Waals surface area contributed by atoms with Crippen LogP contribution in [0, 0.1) is 0 Å². The van der Waals surface area contributed by atoms with Crippen LogP contribution in [0.3, 0.4) is 0 Å². The lowest BCUT2D eigenvalue weighted by Gasteiger charge is -2.09. The minimum Gasteiger partial charge on any atom is -0.385 e. The van der Waals surface area contributed by atoms with Crippen LogP contribution in [-0.4, -0.2) is 17.0 Å². The standard InChI is InChI=1S/C30H56O2/c31-29-27-25-23-21-19-17-15-13-11-9-7-5-3-1-2-4-6-8-10-12-14-16-18-20-22-24-26-28-30(29)32/h1,3,29,31H,2,4-28H2/b3-1+. The van der Waals surface area contributed by atoms with E-state index >= 15 is 0 Å². The maximum atomic E-state index is 12.1. The number of carbonyl (C=O) groups is 1. The van der Waals surface area contributed by atoms with Crippen LogP contribution in [0.5, 0.6) is 0 Å².